The molecule has 0 bridgehead atoms. The Bertz CT molecular complexity index is 417. The molecule has 0 radical (unpaired) electrons. The molecule has 0 saturated carbocycles. The Labute approximate surface area is 95.2 Å². The maximum Gasteiger partial charge on any atom is 0.123 e. The average Bonchev–Trinajstić information content (AvgIpc) is 2.30. The molecular weight excluding hydrogens is 222 g/mol. The van der Waals surface area contributed by atoms with Gasteiger partial charge in [0.2, 0.25) is 0 Å². The summed E-state index contributed by atoms with van der Waals surface area (Å²) in [7, 11) is -1.29. The van der Waals surface area contributed by atoms with Gasteiger partial charge in [0, 0.05) is 0 Å². The molecule has 2 aromatic rings. The number of rotatable bonds is 2. The Morgan fingerprint density at radius 3 is 1.31 bits per heavy atom. The molecule has 0 aliphatic heterocycles. The molecule has 0 aliphatic carbocycles. The van der Waals surface area contributed by atoms with Gasteiger partial charge in [-0.25, -0.2) is 8.78 Å². The van der Waals surface area contributed by atoms with Gasteiger partial charge in [0.1, 0.15) is 11.6 Å². The van der Waals surface area contributed by atoms with Gasteiger partial charge in [0.25, 0.3) is 0 Å². The minimum Gasteiger partial charge on any atom is -0.207 e. The minimum absolute atomic E-state index is 0.218. The molecule has 0 aliphatic rings. The molecule has 3 heteroatoms. The lowest BCUT2D eigenvalue weighted by Gasteiger charge is -2.10. The molecule has 0 nitrogen and oxygen atoms in total. The predicted octanol–water partition coefficient (Wildman–Crippen LogP) is 1.94. The van der Waals surface area contributed by atoms with Crippen molar-refractivity contribution >= 4 is 19.2 Å². The Balaban J connectivity index is 2.28. The van der Waals surface area contributed by atoms with Crippen molar-refractivity contribution in [3.8, 4) is 0 Å². The molecular formula is C13H12F2Si. The van der Waals surface area contributed by atoms with Gasteiger partial charge < -0.3 is 0 Å². The first-order chi connectivity index (χ1) is 7.66. The Hall–Kier alpha value is -1.48. The summed E-state index contributed by atoms with van der Waals surface area (Å²) in [6, 6.07) is 13.2. The summed E-state index contributed by atoms with van der Waals surface area (Å²) >= 11 is 0. The number of benzene rings is 2. The highest BCUT2D eigenvalue weighted by molar-refractivity contribution is 6.84. The third kappa shape index (κ3) is 2.36. The summed E-state index contributed by atoms with van der Waals surface area (Å²) < 4.78 is 25.5. The molecule has 0 amide bonds. The summed E-state index contributed by atoms with van der Waals surface area (Å²) in [5.41, 5.74) is 0. The second kappa shape index (κ2) is 4.57. The minimum atomic E-state index is -1.29. The van der Waals surface area contributed by atoms with Gasteiger partial charge in [-0.3, -0.25) is 0 Å². The Morgan fingerprint density at radius 1 is 0.688 bits per heavy atom. The summed E-state index contributed by atoms with van der Waals surface area (Å²) in [6.07, 6.45) is 0. The van der Waals surface area contributed by atoms with Crippen molar-refractivity contribution in [3.63, 3.8) is 0 Å². The van der Waals surface area contributed by atoms with E-state index in [1.165, 1.54) is 24.3 Å². The van der Waals surface area contributed by atoms with E-state index in [1.807, 2.05) is 24.3 Å². The van der Waals surface area contributed by atoms with E-state index in [0.29, 0.717) is 0 Å². The molecule has 82 valence electrons. The molecule has 0 atom stereocenters. The second-order valence-corrected chi connectivity index (χ2v) is 6.60. The van der Waals surface area contributed by atoms with E-state index in [2.05, 4.69) is 6.55 Å². The smallest absolute Gasteiger partial charge is 0.123 e. The van der Waals surface area contributed by atoms with Gasteiger partial charge in [-0.1, -0.05) is 41.2 Å². The van der Waals surface area contributed by atoms with Gasteiger partial charge in [0.05, 0.1) is 8.80 Å². The van der Waals surface area contributed by atoms with Crippen molar-refractivity contribution in [3.05, 3.63) is 60.2 Å². The summed E-state index contributed by atoms with van der Waals surface area (Å²) in [6.45, 7) is 2.15. The quantitative estimate of drug-likeness (QED) is 0.697. The first-order valence-electron chi connectivity index (χ1n) is 5.18. The Kier molecular flexibility index (Phi) is 3.15. The molecule has 0 unspecified atom stereocenters. The fourth-order valence-corrected chi connectivity index (χ4v) is 3.62. The van der Waals surface area contributed by atoms with Gasteiger partial charge in [-0.15, -0.1) is 0 Å². The normalized spacial score (nSPS) is 10.8. The lowest BCUT2D eigenvalue weighted by molar-refractivity contribution is 0.628. The van der Waals surface area contributed by atoms with Crippen LogP contribution in [0.1, 0.15) is 0 Å². The Morgan fingerprint density at radius 2 is 1.00 bits per heavy atom. The van der Waals surface area contributed by atoms with Crippen LogP contribution in [-0.2, 0) is 0 Å². The van der Waals surface area contributed by atoms with Crippen LogP contribution in [0.4, 0.5) is 8.78 Å². The highest BCUT2D eigenvalue weighted by Gasteiger charge is 2.09. The van der Waals surface area contributed by atoms with Crippen LogP contribution < -0.4 is 10.4 Å². The highest BCUT2D eigenvalue weighted by Crippen LogP contribution is 1.98. The molecule has 0 aromatic heterocycles. The zero-order chi connectivity index (χ0) is 11.5. The van der Waals surface area contributed by atoms with E-state index >= 15 is 0 Å². The summed E-state index contributed by atoms with van der Waals surface area (Å²) in [4.78, 5) is 0. The van der Waals surface area contributed by atoms with Crippen molar-refractivity contribution in [2.24, 2.45) is 0 Å². The predicted molar refractivity (Wildman–Crippen MR) is 65.1 cm³/mol. The molecule has 0 fully saturated rings. The molecule has 2 aromatic carbocycles. The largest absolute Gasteiger partial charge is 0.207 e. The maximum atomic E-state index is 12.8. The van der Waals surface area contributed by atoms with Crippen molar-refractivity contribution in [2.45, 2.75) is 6.55 Å². The fourth-order valence-electron chi connectivity index (χ4n) is 1.70. The van der Waals surface area contributed by atoms with Crippen molar-refractivity contribution in [1.29, 1.82) is 0 Å². The van der Waals surface area contributed by atoms with E-state index in [-0.39, 0.29) is 11.6 Å². The zero-order valence-corrected chi connectivity index (χ0v) is 10.1. The van der Waals surface area contributed by atoms with E-state index in [0.717, 1.165) is 10.4 Å². The van der Waals surface area contributed by atoms with Crippen LogP contribution in [0.25, 0.3) is 0 Å². The molecule has 16 heavy (non-hydrogen) atoms. The second-order valence-electron chi connectivity index (χ2n) is 3.82. The van der Waals surface area contributed by atoms with Gasteiger partial charge in [-0.2, -0.15) is 0 Å². The van der Waals surface area contributed by atoms with E-state index in [4.69, 9.17) is 0 Å². The first kappa shape index (κ1) is 11.0. The third-order valence-corrected chi connectivity index (χ3v) is 5.51. The highest BCUT2D eigenvalue weighted by atomic mass is 28.3. The summed E-state index contributed by atoms with van der Waals surface area (Å²) in [5.74, 6) is -0.437. The lowest BCUT2D eigenvalue weighted by atomic mass is 10.3. The zero-order valence-electron chi connectivity index (χ0n) is 8.95. The van der Waals surface area contributed by atoms with Crippen molar-refractivity contribution in [1.82, 2.24) is 0 Å². The topological polar surface area (TPSA) is 0 Å². The SMILES string of the molecule is C[SiH](c1ccc(F)cc1)c1ccc(F)cc1. The van der Waals surface area contributed by atoms with Crippen LogP contribution >= 0.6 is 0 Å². The first-order valence-corrected chi connectivity index (χ1v) is 7.48. The van der Waals surface area contributed by atoms with Gasteiger partial charge >= 0.3 is 0 Å². The molecule has 0 spiro atoms. The third-order valence-electron chi connectivity index (χ3n) is 2.74. The van der Waals surface area contributed by atoms with Crippen LogP contribution in [0.5, 0.6) is 0 Å². The van der Waals surface area contributed by atoms with Crippen molar-refractivity contribution < 1.29 is 8.78 Å². The van der Waals surface area contributed by atoms with Gasteiger partial charge in [-0.05, 0) is 24.3 Å². The van der Waals surface area contributed by atoms with E-state index < -0.39 is 8.80 Å². The van der Waals surface area contributed by atoms with E-state index in [1.54, 1.807) is 0 Å². The molecule has 0 N–H and O–H groups in total. The molecule has 0 heterocycles. The van der Waals surface area contributed by atoms with Crippen LogP contribution in [0, 0.1) is 11.6 Å². The van der Waals surface area contributed by atoms with Crippen LogP contribution in [0.15, 0.2) is 48.5 Å². The average molecular weight is 234 g/mol. The molecule has 0 saturated heterocycles. The molecule has 2 rings (SSSR count). The van der Waals surface area contributed by atoms with Crippen LogP contribution in [0.3, 0.4) is 0 Å². The van der Waals surface area contributed by atoms with E-state index in [9.17, 15) is 8.78 Å². The maximum absolute atomic E-state index is 12.8. The number of hydrogen-bond donors (Lipinski definition) is 0. The number of halogens is 2. The van der Waals surface area contributed by atoms with Crippen LogP contribution in [-0.4, -0.2) is 8.80 Å². The lowest BCUT2D eigenvalue weighted by Crippen LogP contribution is -2.39. The number of hydrogen-bond acceptors (Lipinski definition) is 0. The monoisotopic (exact) mass is 234 g/mol. The van der Waals surface area contributed by atoms with Crippen LogP contribution in [0.2, 0.25) is 6.55 Å². The standard InChI is InChI=1S/C13H12F2Si/c1-16(12-6-2-10(14)3-7-12)13-8-4-11(15)5-9-13/h2-9,16H,1H3. The fraction of sp³-hybridized carbons (Fsp3) is 0.0769. The van der Waals surface area contributed by atoms with Crippen molar-refractivity contribution in [2.75, 3.05) is 0 Å². The van der Waals surface area contributed by atoms with Gasteiger partial charge in [0.15, 0.2) is 0 Å². The summed E-state index contributed by atoms with van der Waals surface area (Å²) in [5, 5.41) is 2.32.